The van der Waals surface area contributed by atoms with Gasteiger partial charge < -0.3 is 15.1 Å². The lowest BCUT2D eigenvalue weighted by Gasteiger charge is -2.27. The third kappa shape index (κ3) is 2.76. The average Bonchev–Trinajstić information content (AvgIpc) is 2.66. The van der Waals surface area contributed by atoms with Crippen molar-refractivity contribution in [3.63, 3.8) is 0 Å². The van der Waals surface area contributed by atoms with E-state index in [0.717, 1.165) is 19.3 Å². The van der Waals surface area contributed by atoms with Gasteiger partial charge >= 0.3 is 5.97 Å². The number of aliphatic carboxylic acids is 1. The summed E-state index contributed by atoms with van der Waals surface area (Å²) in [6, 6.07) is 3.97. The van der Waals surface area contributed by atoms with Crippen LogP contribution in [-0.2, 0) is 4.79 Å². The zero-order chi connectivity index (χ0) is 14.7. The molecule has 0 radical (unpaired) electrons. The summed E-state index contributed by atoms with van der Waals surface area (Å²) in [4.78, 5) is 25.4. The Morgan fingerprint density at radius 2 is 2.00 bits per heavy atom. The topological polar surface area (TPSA) is 77.8 Å². The lowest BCUT2D eigenvalue weighted by molar-refractivity contribution is -0.142. The summed E-state index contributed by atoms with van der Waals surface area (Å²) in [6.45, 7) is 2.11. The molecule has 2 N–H and O–H groups in total. The molecule has 1 fully saturated rings. The lowest BCUT2D eigenvalue weighted by atomic mass is 10.0. The molecule has 0 saturated carbocycles. The van der Waals surface area contributed by atoms with Crippen molar-refractivity contribution in [2.75, 3.05) is 6.54 Å². The molecule has 1 unspecified atom stereocenters. The van der Waals surface area contributed by atoms with Crippen LogP contribution in [0.4, 0.5) is 0 Å². The van der Waals surface area contributed by atoms with Gasteiger partial charge in [-0.1, -0.05) is 18.9 Å². The number of carbonyl (C=O) groups is 2. The van der Waals surface area contributed by atoms with Crippen molar-refractivity contribution in [2.24, 2.45) is 0 Å². The first-order chi connectivity index (χ1) is 9.52. The molecule has 1 aliphatic heterocycles. The van der Waals surface area contributed by atoms with Gasteiger partial charge in [-0.3, -0.25) is 4.79 Å². The first-order valence-electron chi connectivity index (χ1n) is 6.84. The molecule has 0 bridgehead atoms. The predicted octanol–water partition coefficient (Wildman–Crippen LogP) is 2.17. The van der Waals surface area contributed by atoms with Crippen LogP contribution < -0.4 is 0 Å². The number of amides is 1. The van der Waals surface area contributed by atoms with Gasteiger partial charge in [-0.2, -0.15) is 0 Å². The van der Waals surface area contributed by atoms with Crippen LogP contribution in [0.5, 0.6) is 5.75 Å². The van der Waals surface area contributed by atoms with E-state index >= 15 is 0 Å². The first-order valence-corrected chi connectivity index (χ1v) is 6.84. The molecule has 5 heteroatoms. The monoisotopic (exact) mass is 277 g/mol. The number of aromatic hydroxyl groups is 1. The Hall–Kier alpha value is -2.04. The summed E-state index contributed by atoms with van der Waals surface area (Å²) in [7, 11) is 0. The van der Waals surface area contributed by atoms with Crippen molar-refractivity contribution in [1.82, 2.24) is 4.90 Å². The highest BCUT2D eigenvalue weighted by molar-refractivity contribution is 5.98. The van der Waals surface area contributed by atoms with Crippen molar-refractivity contribution in [3.05, 3.63) is 29.3 Å². The van der Waals surface area contributed by atoms with Crippen LogP contribution in [0.3, 0.4) is 0 Å². The molecule has 1 atom stereocenters. The van der Waals surface area contributed by atoms with Crippen LogP contribution in [-0.4, -0.2) is 39.6 Å². The van der Waals surface area contributed by atoms with E-state index < -0.39 is 12.0 Å². The van der Waals surface area contributed by atoms with Crippen LogP contribution in [0.2, 0.25) is 0 Å². The minimum atomic E-state index is -0.960. The molecule has 1 aliphatic rings. The Bertz CT molecular complexity index is 527. The van der Waals surface area contributed by atoms with Gasteiger partial charge in [-0.25, -0.2) is 4.79 Å². The highest BCUT2D eigenvalue weighted by Crippen LogP contribution is 2.24. The van der Waals surface area contributed by atoms with Gasteiger partial charge in [-0.05, 0) is 31.9 Å². The van der Waals surface area contributed by atoms with Crippen LogP contribution in [0.15, 0.2) is 18.2 Å². The van der Waals surface area contributed by atoms with E-state index in [9.17, 15) is 19.8 Å². The molecule has 1 amide bonds. The number of hydrogen-bond donors (Lipinski definition) is 2. The van der Waals surface area contributed by atoms with Crippen LogP contribution in [0.1, 0.15) is 41.6 Å². The minimum absolute atomic E-state index is 0.0533. The lowest BCUT2D eigenvalue weighted by Crippen LogP contribution is -2.44. The SMILES string of the molecule is Cc1c(O)cccc1C(=O)N1CCCCCC1C(=O)O. The fraction of sp³-hybridized carbons (Fsp3) is 0.467. The molecule has 1 saturated heterocycles. The first kappa shape index (κ1) is 14.4. The number of phenols is 1. The minimum Gasteiger partial charge on any atom is -0.508 e. The number of carboxylic acid groups (broad SMARTS) is 1. The average molecular weight is 277 g/mol. The van der Waals surface area contributed by atoms with Gasteiger partial charge in [0.1, 0.15) is 11.8 Å². The molecule has 0 aliphatic carbocycles. The van der Waals surface area contributed by atoms with Crippen LogP contribution in [0, 0.1) is 6.92 Å². The number of nitrogens with zero attached hydrogens (tertiary/aromatic N) is 1. The number of carbonyl (C=O) groups excluding carboxylic acids is 1. The third-order valence-corrected chi connectivity index (χ3v) is 3.83. The highest BCUT2D eigenvalue weighted by atomic mass is 16.4. The van der Waals surface area contributed by atoms with E-state index in [-0.39, 0.29) is 11.7 Å². The summed E-state index contributed by atoms with van der Waals surface area (Å²) in [5.74, 6) is -1.22. The fourth-order valence-corrected chi connectivity index (χ4v) is 2.62. The van der Waals surface area contributed by atoms with E-state index in [0.29, 0.717) is 24.1 Å². The van der Waals surface area contributed by atoms with Crippen molar-refractivity contribution in [1.29, 1.82) is 0 Å². The van der Waals surface area contributed by atoms with Crippen molar-refractivity contribution >= 4 is 11.9 Å². The van der Waals surface area contributed by atoms with E-state index in [1.54, 1.807) is 19.1 Å². The number of rotatable bonds is 2. The molecular formula is C15H19NO4. The standard InChI is InChI=1S/C15H19NO4/c1-10-11(6-5-8-13(10)17)14(18)16-9-4-2-3-7-12(16)15(19)20/h5-6,8,12,17H,2-4,7,9H2,1H3,(H,19,20). The van der Waals surface area contributed by atoms with Gasteiger partial charge in [-0.15, -0.1) is 0 Å². The second-order valence-corrected chi connectivity index (χ2v) is 5.15. The smallest absolute Gasteiger partial charge is 0.326 e. The maximum absolute atomic E-state index is 12.6. The number of benzene rings is 1. The van der Waals surface area contributed by atoms with E-state index in [1.807, 2.05) is 0 Å². The van der Waals surface area contributed by atoms with Gasteiger partial charge in [0, 0.05) is 17.7 Å². The van der Waals surface area contributed by atoms with Gasteiger partial charge in [0.05, 0.1) is 0 Å². The number of hydrogen-bond acceptors (Lipinski definition) is 3. The van der Waals surface area contributed by atoms with Gasteiger partial charge in [0.25, 0.3) is 5.91 Å². The van der Waals surface area contributed by atoms with E-state index in [2.05, 4.69) is 0 Å². The van der Waals surface area contributed by atoms with Crippen LogP contribution in [0.25, 0.3) is 0 Å². The third-order valence-electron chi connectivity index (χ3n) is 3.83. The van der Waals surface area contributed by atoms with Crippen molar-refractivity contribution in [2.45, 2.75) is 38.6 Å². The molecule has 1 aromatic carbocycles. The highest BCUT2D eigenvalue weighted by Gasteiger charge is 2.32. The molecule has 2 rings (SSSR count). The maximum atomic E-state index is 12.6. The Balaban J connectivity index is 2.33. The zero-order valence-electron chi connectivity index (χ0n) is 11.5. The molecule has 108 valence electrons. The Morgan fingerprint density at radius 3 is 2.70 bits per heavy atom. The normalized spacial score (nSPS) is 19.4. The molecule has 1 heterocycles. The second kappa shape index (κ2) is 5.94. The van der Waals surface area contributed by atoms with Crippen LogP contribution >= 0.6 is 0 Å². The number of likely N-dealkylation sites (tertiary alicyclic amines) is 1. The summed E-state index contributed by atoms with van der Waals surface area (Å²) in [6.07, 6.45) is 3.05. The van der Waals surface area contributed by atoms with E-state index in [1.165, 1.54) is 11.0 Å². The fourth-order valence-electron chi connectivity index (χ4n) is 2.62. The molecule has 20 heavy (non-hydrogen) atoms. The maximum Gasteiger partial charge on any atom is 0.326 e. The largest absolute Gasteiger partial charge is 0.508 e. The Kier molecular flexibility index (Phi) is 4.27. The summed E-state index contributed by atoms with van der Waals surface area (Å²) >= 11 is 0. The molecular weight excluding hydrogens is 258 g/mol. The van der Waals surface area contributed by atoms with Crippen molar-refractivity contribution < 1.29 is 19.8 Å². The van der Waals surface area contributed by atoms with E-state index in [4.69, 9.17) is 0 Å². The Labute approximate surface area is 117 Å². The molecule has 0 aromatic heterocycles. The van der Waals surface area contributed by atoms with Gasteiger partial charge in [0.2, 0.25) is 0 Å². The Morgan fingerprint density at radius 1 is 1.25 bits per heavy atom. The molecule has 1 aromatic rings. The molecule has 5 nitrogen and oxygen atoms in total. The summed E-state index contributed by atoms with van der Waals surface area (Å²) in [5.41, 5.74) is 0.865. The second-order valence-electron chi connectivity index (χ2n) is 5.15. The summed E-state index contributed by atoms with van der Waals surface area (Å²) < 4.78 is 0. The van der Waals surface area contributed by atoms with Crippen molar-refractivity contribution in [3.8, 4) is 5.75 Å². The predicted molar refractivity (Wildman–Crippen MR) is 73.8 cm³/mol. The van der Waals surface area contributed by atoms with Gasteiger partial charge in [0.15, 0.2) is 0 Å². The summed E-state index contributed by atoms with van der Waals surface area (Å²) in [5, 5.41) is 19.0. The number of phenolic OH excluding ortho intramolecular Hbond substituents is 1. The quantitative estimate of drug-likeness (QED) is 0.868. The molecule has 0 spiro atoms. The number of carboxylic acids is 1. The zero-order valence-corrected chi connectivity index (χ0v) is 11.5.